The second-order valence-electron chi connectivity index (χ2n) is 5.74. The van der Waals surface area contributed by atoms with Crippen molar-refractivity contribution in [3.05, 3.63) is 48.0 Å². The van der Waals surface area contributed by atoms with Gasteiger partial charge in [-0.2, -0.15) is 0 Å². The SMILES string of the molecule is O=C(NCCC(=O)N1CCCC1)c1ccc(-c2ccccc2F)o1. The molecule has 2 amide bonds. The van der Waals surface area contributed by atoms with E-state index in [-0.39, 0.29) is 24.6 Å². The smallest absolute Gasteiger partial charge is 0.287 e. The number of hydrogen-bond acceptors (Lipinski definition) is 3. The minimum Gasteiger partial charge on any atom is -0.451 e. The fraction of sp³-hybridized carbons (Fsp3) is 0.333. The third kappa shape index (κ3) is 3.64. The number of benzene rings is 1. The third-order valence-electron chi connectivity index (χ3n) is 4.05. The van der Waals surface area contributed by atoms with Gasteiger partial charge in [-0.3, -0.25) is 9.59 Å². The fourth-order valence-electron chi connectivity index (χ4n) is 2.76. The number of nitrogens with zero attached hydrogens (tertiary/aromatic N) is 1. The molecule has 0 bridgehead atoms. The Morgan fingerprint density at radius 2 is 1.88 bits per heavy atom. The first-order chi connectivity index (χ1) is 11.6. The molecule has 0 atom stereocenters. The van der Waals surface area contributed by atoms with Crippen LogP contribution in [-0.2, 0) is 4.79 Å². The summed E-state index contributed by atoms with van der Waals surface area (Å²) in [5, 5.41) is 2.66. The highest BCUT2D eigenvalue weighted by molar-refractivity contribution is 5.92. The standard InChI is InChI=1S/C18H19FN2O3/c19-14-6-2-1-5-13(14)15-7-8-16(24-15)18(23)20-10-9-17(22)21-11-3-4-12-21/h1-2,5-8H,3-4,9-12H2,(H,20,23). The van der Waals surface area contributed by atoms with Crippen molar-refractivity contribution in [3.8, 4) is 11.3 Å². The Morgan fingerprint density at radius 1 is 1.12 bits per heavy atom. The molecule has 1 N–H and O–H groups in total. The summed E-state index contributed by atoms with van der Waals surface area (Å²) in [6.45, 7) is 1.86. The highest BCUT2D eigenvalue weighted by atomic mass is 19.1. The summed E-state index contributed by atoms with van der Waals surface area (Å²) in [5.74, 6) is -0.366. The summed E-state index contributed by atoms with van der Waals surface area (Å²) in [6.07, 6.45) is 2.36. The van der Waals surface area contributed by atoms with Crippen molar-refractivity contribution < 1.29 is 18.4 Å². The predicted octanol–water partition coefficient (Wildman–Crippen LogP) is 2.83. The van der Waals surface area contributed by atoms with Crippen LogP contribution in [0.1, 0.15) is 29.8 Å². The van der Waals surface area contributed by atoms with Crippen LogP contribution in [0.2, 0.25) is 0 Å². The van der Waals surface area contributed by atoms with Crippen LogP contribution in [0.15, 0.2) is 40.8 Å². The Bertz CT molecular complexity index is 735. The number of carbonyl (C=O) groups excluding carboxylic acids is 2. The van der Waals surface area contributed by atoms with E-state index in [4.69, 9.17) is 4.42 Å². The molecule has 2 aromatic rings. The number of carbonyl (C=O) groups is 2. The predicted molar refractivity (Wildman–Crippen MR) is 86.9 cm³/mol. The maximum Gasteiger partial charge on any atom is 0.287 e. The number of hydrogen-bond donors (Lipinski definition) is 1. The lowest BCUT2D eigenvalue weighted by Gasteiger charge is -2.14. The van der Waals surface area contributed by atoms with Crippen LogP contribution in [0, 0.1) is 5.82 Å². The zero-order valence-corrected chi connectivity index (χ0v) is 13.3. The van der Waals surface area contributed by atoms with Gasteiger partial charge in [-0.25, -0.2) is 4.39 Å². The number of rotatable bonds is 5. The van der Waals surface area contributed by atoms with E-state index < -0.39 is 11.7 Å². The van der Waals surface area contributed by atoms with Gasteiger partial charge < -0.3 is 14.6 Å². The molecule has 1 fully saturated rings. The fourth-order valence-corrected chi connectivity index (χ4v) is 2.76. The van der Waals surface area contributed by atoms with Gasteiger partial charge >= 0.3 is 0 Å². The highest BCUT2D eigenvalue weighted by Crippen LogP contribution is 2.24. The van der Waals surface area contributed by atoms with Crippen LogP contribution in [0.25, 0.3) is 11.3 Å². The molecule has 0 spiro atoms. The molecule has 5 nitrogen and oxygen atoms in total. The summed E-state index contributed by atoms with van der Waals surface area (Å²) in [5.41, 5.74) is 0.306. The molecule has 2 heterocycles. The normalized spacial score (nSPS) is 14.0. The Morgan fingerprint density at radius 3 is 2.62 bits per heavy atom. The van der Waals surface area contributed by atoms with E-state index in [0.29, 0.717) is 11.3 Å². The minimum absolute atomic E-state index is 0.0549. The number of furan rings is 1. The summed E-state index contributed by atoms with van der Waals surface area (Å²) in [4.78, 5) is 25.8. The second-order valence-corrected chi connectivity index (χ2v) is 5.74. The largest absolute Gasteiger partial charge is 0.451 e. The molecule has 0 radical (unpaired) electrons. The van der Waals surface area contributed by atoms with Crippen molar-refractivity contribution >= 4 is 11.8 Å². The highest BCUT2D eigenvalue weighted by Gasteiger charge is 2.18. The van der Waals surface area contributed by atoms with Crippen molar-refractivity contribution in [1.29, 1.82) is 0 Å². The molecular weight excluding hydrogens is 311 g/mol. The van der Waals surface area contributed by atoms with Crippen molar-refractivity contribution in [2.45, 2.75) is 19.3 Å². The van der Waals surface area contributed by atoms with Gasteiger partial charge in [0, 0.05) is 26.1 Å². The number of halogens is 1. The van der Waals surface area contributed by atoms with Gasteiger partial charge in [0.25, 0.3) is 5.91 Å². The third-order valence-corrected chi connectivity index (χ3v) is 4.05. The van der Waals surface area contributed by atoms with E-state index in [1.165, 1.54) is 12.1 Å². The number of amides is 2. The van der Waals surface area contributed by atoms with Crippen LogP contribution in [0.4, 0.5) is 4.39 Å². The van der Waals surface area contributed by atoms with E-state index in [1.54, 1.807) is 24.3 Å². The zero-order chi connectivity index (χ0) is 16.9. The Kier molecular flexibility index (Phi) is 4.93. The first kappa shape index (κ1) is 16.2. The molecule has 3 rings (SSSR count). The van der Waals surface area contributed by atoms with Gasteiger partial charge in [0.05, 0.1) is 5.56 Å². The second kappa shape index (κ2) is 7.29. The number of nitrogens with one attached hydrogen (secondary N) is 1. The first-order valence-electron chi connectivity index (χ1n) is 8.06. The van der Waals surface area contributed by atoms with E-state index in [1.807, 2.05) is 4.90 Å². The maximum absolute atomic E-state index is 13.7. The number of likely N-dealkylation sites (tertiary alicyclic amines) is 1. The lowest BCUT2D eigenvalue weighted by molar-refractivity contribution is -0.129. The molecule has 24 heavy (non-hydrogen) atoms. The molecule has 0 aliphatic carbocycles. The molecular formula is C18H19FN2O3. The van der Waals surface area contributed by atoms with Gasteiger partial charge in [0.15, 0.2) is 5.76 Å². The first-order valence-corrected chi connectivity index (χ1v) is 8.06. The molecule has 1 aromatic carbocycles. The lowest BCUT2D eigenvalue weighted by Crippen LogP contribution is -2.32. The lowest BCUT2D eigenvalue weighted by atomic mass is 10.1. The van der Waals surface area contributed by atoms with Crippen molar-refractivity contribution in [2.75, 3.05) is 19.6 Å². The topological polar surface area (TPSA) is 62.6 Å². The summed E-state index contributed by atoms with van der Waals surface area (Å²) in [7, 11) is 0. The van der Waals surface area contributed by atoms with Crippen LogP contribution in [0.3, 0.4) is 0 Å². The van der Waals surface area contributed by atoms with Crippen molar-refractivity contribution in [2.24, 2.45) is 0 Å². The molecule has 0 saturated carbocycles. The van der Waals surface area contributed by atoms with Crippen LogP contribution in [0.5, 0.6) is 0 Å². The van der Waals surface area contributed by atoms with Gasteiger partial charge in [0.2, 0.25) is 5.91 Å². The van der Waals surface area contributed by atoms with Gasteiger partial charge in [-0.1, -0.05) is 12.1 Å². The van der Waals surface area contributed by atoms with E-state index in [0.717, 1.165) is 25.9 Å². The molecule has 1 aliphatic heterocycles. The van der Waals surface area contributed by atoms with Gasteiger partial charge in [-0.15, -0.1) is 0 Å². The summed E-state index contributed by atoms with van der Waals surface area (Å²) < 4.78 is 19.1. The van der Waals surface area contributed by atoms with E-state index >= 15 is 0 Å². The average Bonchev–Trinajstić information content (AvgIpc) is 3.27. The molecule has 1 saturated heterocycles. The molecule has 6 heteroatoms. The van der Waals surface area contributed by atoms with E-state index in [9.17, 15) is 14.0 Å². The van der Waals surface area contributed by atoms with Crippen LogP contribution < -0.4 is 5.32 Å². The van der Waals surface area contributed by atoms with Gasteiger partial charge in [0.1, 0.15) is 11.6 Å². The summed E-state index contributed by atoms with van der Waals surface area (Å²) >= 11 is 0. The molecule has 1 aliphatic rings. The molecule has 1 aromatic heterocycles. The molecule has 0 unspecified atom stereocenters. The minimum atomic E-state index is -0.410. The monoisotopic (exact) mass is 330 g/mol. The Balaban J connectivity index is 1.54. The Labute approximate surface area is 139 Å². The van der Waals surface area contributed by atoms with Crippen LogP contribution in [-0.4, -0.2) is 36.3 Å². The maximum atomic E-state index is 13.7. The van der Waals surface area contributed by atoms with Gasteiger partial charge in [-0.05, 0) is 37.1 Å². The zero-order valence-electron chi connectivity index (χ0n) is 13.3. The quantitative estimate of drug-likeness (QED) is 0.917. The van der Waals surface area contributed by atoms with E-state index in [2.05, 4.69) is 5.32 Å². The van der Waals surface area contributed by atoms with Crippen molar-refractivity contribution in [1.82, 2.24) is 10.2 Å². The van der Waals surface area contributed by atoms with Crippen LogP contribution >= 0.6 is 0 Å². The average molecular weight is 330 g/mol. The Hall–Kier alpha value is -2.63. The molecule has 126 valence electrons. The van der Waals surface area contributed by atoms with Crippen molar-refractivity contribution in [3.63, 3.8) is 0 Å². The summed E-state index contributed by atoms with van der Waals surface area (Å²) in [6, 6.07) is 9.27.